The highest BCUT2D eigenvalue weighted by atomic mass is 19.1. The van der Waals surface area contributed by atoms with Crippen LogP contribution in [0.25, 0.3) is 0 Å². The summed E-state index contributed by atoms with van der Waals surface area (Å²) in [5, 5.41) is 0. The minimum Gasteiger partial charge on any atom is -0.301 e. The molecule has 1 aliphatic heterocycles. The van der Waals surface area contributed by atoms with Gasteiger partial charge in [0.2, 0.25) is 0 Å². The van der Waals surface area contributed by atoms with E-state index in [9.17, 15) is 4.39 Å². The van der Waals surface area contributed by atoms with Gasteiger partial charge in [0.25, 0.3) is 0 Å². The number of halogens is 1. The lowest BCUT2D eigenvalue weighted by molar-refractivity contribution is 0.109. The second-order valence-electron chi connectivity index (χ2n) is 7.83. The topological polar surface area (TPSA) is 6.48 Å². The first kappa shape index (κ1) is 19.8. The van der Waals surface area contributed by atoms with E-state index in [0.29, 0.717) is 6.04 Å². The van der Waals surface area contributed by atoms with Gasteiger partial charge in [-0.15, -0.1) is 0 Å². The summed E-state index contributed by atoms with van der Waals surface area (Å²) >= 11 is 0. The van der Waals surface area contributed by atoms with Crippen molar-refractivity contribution < 1.29 is 4.39 Å². The maximum absolute atomic E-state index is 13.0. The molecule has 29 heavy (non-hydrogen) atoms. The van der Waals surface area contributed by atoms with Gasteiger partial charge in [0, 0.05) is 26.2 Å². The molecule has 2 nitrogen and oxygen atoms in total. The maximum Gasteiger partial charge on any atom is 0.123 e. The van der Waals surface area contributed by atoms with Crippen LogP contribution in [0.2, 0.25) is 0 Å². The largest absolute Gasteiger partial charge is 0.301 e. The first-order valence-electron chi connectivity index (χ1n) is 10.6. The lowest BCUT2D eigenvalue weighted by Gasteiger charge is -2.39. The standard InChI is InChI=1S/C26H29FN2/c27-25-15-13-22(14-16-25)8-7-17-28-18-20-29(21-19-28)26(23-9-3-1-4-10-23)24-11-5-2-6-12-24/h1-6,9-16,26H,7-8,17-21H2. The molecule has 0 spiro atoms. The molecule has 150 valence electrons. The molecule has 1 saturated heterocycles. The van der Waals surface area contributed by atoms with E-state index in [-0.39, 0.29) is 5.82 Å². The zero-order valence-electron chi connectivity index (χ0n) is 16.9. The van der Waals surface area contributed by atoms with Crippen LogP contribution in [-0.4, -0.2) is 42.5 Å². The summed E-state index contributed by atoms with van der Waals surface area (Å²) in [7, 11) is 0. The summed E-state index contributed by atoms with van der Waals surface area (Å²) in [5.74, 6) is -0.156. The van der Waals surface area contributed by atoms with Crippen molar-refractivity contribution in [1.82, 2.24) is 9.80 Å². The first-order chi connectivity index (χ1) is 14.3. The monoisotopic (exact) mass is 388 g/mol. The summed E-state index contributed by atoms with van der Waals surface area (Å²) in [6.07, 6.45) is 2.13. The van der Waals surface area contributed by atoms with E-state index in [1.807, 2.05) is 12.1 Å². The van der Waals surface area contributed by atoms with Crippen LogP contribution in [0.4, 0.5) is 4.39 Å². The van der Waals surface area contributed by atoms with E-state index in [1.54, 1.807) is 12.1 Å². The van der Waals surface area contributed by atoms with Crippen LogP contribution in [0.3, 0.4) is 0 Å². The van der Waals surface area contributed by atoms with E-state index in [1.165, 1.54) is 16.7 Å². The van der Waals surface area contributed by atoms with Crippen molar-refractivity contribution in [2.24, 2.45) is 0 Å². The summed E-state index contributed by atoms with van der Waals surface area (Å²) in [6, 6.07) is 28.9. The minimum atomic E-state index is -0.156. The zero-order valence-corrected chi connectivity index (χ0v) is 16.9. The molecule has 3 aromatic carbocycles. The third-order valence-corrected chi connectivity index (χ3v) is 5.86. The van der Waals surface area contributed by atoms with Gasteiger partial charge in [-0.3, -0.25) is 4.90 Å². The fraction of sp³-hybridized carbons (Fsp3) is 0.308. The summed E-state index contributed by atoms with van der Waals surface area (Å²) in [5.41, 5.74) is 3.95. The predicted molar refractivity (Wildman–Crippen MR) is 117 cm³/mol. The SMILES string of the molecule is Fc1ccc(CCCN2CCN(C(c3ccccc3)c3ccccc3)CC2)cc1. The highest BCUT2D eigenvalue weighted by molar-refractivity contribution is 5.32. The smallest absolute Gasteiger partial charge is 0.123 e. The molecule has 0 saturated carbocycles. The number of rotatable bonds is 7. The highest BCUT2D eigenvalue weighted by Gasteiger charge is 2.26. The quantitative estimate of drug-likeness (QED) is 0.551. The molecule has 4 rings (SSSR count). The third-order valence-electron chi connectivity index (χ3n) is 5.86. The molecular weight excluding hydrogens is 359 g/mol. The van der Waals surface area contributed by atoms with Crippen LogP contribution in [0, 0.1) is 5.82 Å². The van der Waals surface area contributed by atoms with Crippen LogP contribution < -0.4 is 0 Å². The molecule has 0 atom stereocenters. The molecule has 1 heterocycles. The van der Waals surface area contributed by atoms with Crippen molar-refractivity contribution in [3.8, 4) is 0 Å². The van der Waals surface area contributed by atoms with Gasteiger partial charge in [0.05, 0.1) is 6.04 Å². The van der Waals surface area contributed by atoms with Gasteiger partial charge in [-0.2, -0.15) is 0 Å². The molecule has 0 amide bonds. The maximum atomic E-state index is 13.0. The van der Waals surface area contributed by atoms with Crippen molar-refractivity contribution in [3.05, 3.63) is 107 Å². The van der Waals surface area contributed by atoms with Gasteiger partial charge in [0.15, 0.2) is 0 Å². The van der Waals surface area contributed by atoms with Crippen molar-refractivity contribution in [2.75, 3.05) is 32.7 Å². The number of hydrogen-bond acceptors (Lipinski definition) is 2. The Kier molecular flexibility index (Phi) is 6.71. The fourth-order valence-corrected chi connectivity index (χ4v) is 4.29. The van der Waals surface area contributed by atoms with Crippen molar-refractivity contribution in [2.45, 2.75) is 18.9 Å². The van der Waals surface area contributed by atoms with Crippen LogP contribution >= 0.6 is 0 Å². The minimum absolute atomic E-state index is 0.156. The molecule has 3 heteroatoms. The van der Waals surface area contributed by atoms with Crippen LogP contribution in [0.5, 0.6) is 0 Å². The molecule has 3 aromatic rings. The third kappa shape index (κ3) is 5.31. The van der Waals surface area contributed by atoms with Gasteiger partial charge < -0.3 is 4.90 Å². The lowest BCUT2D eigenvalue weighted by Crippen LogP contribution is -2.48. The molecule has 1 fully saturated rings. The average Bonchev–Trinajstić information content (AvgIpc) is 2.78. The van der Waals surface area contributed by atoms with Gasteiger partial charge in [-0.05, 0) is 48.2 Å². The number of aryl methyl sites for hydroxylation is 1. The molecule has 1 aliphatic rings. The normalized spacial score (nSPS) is 15.7. The molecule has 0 N–H and O–H groups in total. The Morgan fingerprint density at radius 2 is 1.24 bits per heavy atom. The molecule has 0 aliphatic carbocycles. The summed E-state index contributed by atoms with van der Waals surface area (Å²) < 4.78 is 13.0. The van der Waals surface area contributed by atoms with E-state index in [0.717, 1.165) is 45.6 Å². The van der Waals surface area contributed by atoms with Gasteiger partial charge >= 0.3 is 0 Å². The van der Waals surface area contributed by atoms with Crippen molar-refractivity contribution >= 4 is 0 Å². The van der Waals surface area contributed by atoms with Crippen LogP contribution in [0.1, 0.15) is 29.2 Å². The first-order valence-corrected chi connectivity index (χ1v) is 10.6. The van der Waals surface area contributed by atoms with Crippen LogP contribution in [-0.2, 0) is 6.42 Å². The Morgan fingerprint density at radius 3 is 1.79 bits per heavy atom. The number of nitrogens with zero attached hydrogens (tertiary/aromatic N) is 2. The highest BCUT2D eigenvalue weighted by Crippen LogP contribution is 2.29. The van der Waals surface area contributed by atoms with Crippen molar-refractivity contribution in [3.63, 3.8) is 0 Å². The van der Waals surface area contributed by atoms with E-state index in [4.69, 9.17) is 0 Å². The Morgan fingerprint density at radius 1 is 0.690 bits per heavy atom. The number of benzene rings is 3. The van der Waals surface area contributed by atoms with E-state index in [2.05, 4.69) is 70.5 Å². The Labute approximate surface area is 173 Å². The fourth-order valence-electron chi connectivity index (χ4n) is 4.29. The van der Waals surface area contributed by atoms with Gasteiger partial charge in [-0.1, -0.05) is 72.8 Å². The molecular formula is C26H29FN2. The Balaban J connectivity index is 1.34. The molecule has 0 aromatic heterocycles. The van der Waals surface area contributed by atoms with E-state index < -0.39 is 0 Å². The van der Waals surface area contributed by atoms with Crippen LogP contribution in [0.15, 0.2) is 84.9 Å². The zero-order chi connectivity index (χ0) is 19.9. The lowest BCUT2D eigenvalue weighted by atomic mass is 9.96. The second kappa shape index (κ2) is 9.82. The second-order valence-corrected chi connectivity index (χ2v) is 7.83. The molecule has 0 radical (unpaired) electrons. The van der Waals surface area contributed by atoms with Gasteiger partial charge in [0.1, 0.15) is 5.82 Å². The predicted octanol–water partition coefficient (Wildman–Crippen LogP) is 5.17. The number of piperazine rings is 1. The summed E-state index contributed by atoms with van der Waals surface area (Å²) in [6.45, 7) is 5.45. The molecule has 0 unspecified atom stereocenters. The Hall–Kier alpha value is -2.49. The van der Waals surface area contributed by atoms with Gasteiger partial charge in [-0.25, -0.2) is 4.39 Å². The van der Waals surface area contributed by atoms with Crippen molar-refractivity contribution in [1.29, 1.82) is 0 Å². The molecule has 0 bridgehead atoms. The Bertz CT molecular complexity index is 817. The van der Waals surface area contributed by atoms with E-state index >= 15 is 0 Å². The average molecular weight is 389 g/mol. The summed E-state index contributed by atoms with van der Waals surface area (Å²) in [4.78, 5) is 5.17. The number of hydrogen-bond donors (Lipinski definition) is 0.